The summed E-state index contributed by atoms with van der Waals surface area (Å²) in [7, 11) is 0. The third-order valence-electron chi connectivity index (χ3n) is 3.05. The largest absolute Gasteiger partial charge is 0.422 e. The van der Waals surface area contributed by atoms with E-state index in [1.165, 1.54) is 18.2 Å². The Morgan fingerprint density at radius 3 is 2.65 bits per heavy atom. The standard InChI is InChI=1S/C14H6N2O4/c15-7-9-6-12-11-3-2-10(16(18)19)5-8(11)1-4-13(12)20-14(9)17/h1-6H. The maximum Gasteiger partial charge on any atom is 0.354 e. The first kappa shape index (κ1) is 11.9. The molecule has 0 radical (unpaired) electrons. The van der Waals surface area contributed by atoms with E-state index in [0.717, 1.165) is 0 Å². The van der Waals surface area contributed by atoms with Crippen LogP contribution in [-0.2, 0) is 0 Å². The van der Waals surface area contributed by atoms with Gasteiger partial charge in [0, 0.05) is 17.5 Å². The van der Waals surface area contributed by atoms with Crippen LogP contribution in [0.1, 0.15) is 5.56 Å². The Kier molecular flexibility index (Phi) is 2.48. The van der Waals surface area contributed by atoms with E-state index in [4.69, 9.17) is 9.68 Å². The first-order valence-electron chi connectivity index (χ1n) is 5.65. The van der Waals surface area contributed by atoms with Gasteiger partial charge in [0.25, 0.3) is 5.69 Å². The highest BCUT2D eigenvalue weighted by Crippen LogP contribution is 2.28. The van der Waals surface area contributed by atoms with E-state index in [9.17, 15) is 14.9 Å². The zero-order valence-corrected chi connectivity index (χ0v) is 9.99. The second-order valence-electron chi connectivity index (χ2n) is 4.20. The number of hydrogen-bond acceptors (Lipinski definition) is 5. The molecule has 3 aromatic rings. The Morgan fingerprint density at radius 1 is 1.15 bits per heavy atom. The highest BCUT2D eigenvalue weighted by molar-refractivity contribution is 6.06. The quantitative estimate of drug-likeness (QED) is 0.292. The minimum atomic E-state index is -0.693. The molecule has 1 aromatic heterocycles. The van der Waals surface area contributed by atoms with Gasteiger partial charge < -0.3 is 4.42 Å². The summed E-state index contributed by atoms with van der Waals surface area (Å²) in [6, 6.07) is 10.8. The zero-order valence-electron chi connectivity index (χ0n) is 9.99. The van der Waals surface area contributed by atoms with E-state index in [2.05, 4.69) is 0 Å². The van der Waals surface area contributed by atoms with Crippen LogP contribution >= 0.6 is 0 Å². The lowest BCUT2D eigenvalue weighted by atomic mass is 10.0. The van der Waals surface area contributed by atoms with Crippen molar-refractivity contribution in [2.24, 2.45) is 0 Å². The number of nitrogens with zero attached hydrogens (tertiary/aromatic N) is 2. The number of nitro groups is 1. The van der Waals surface area contributed by atoms with E-state index in [0.29, 0.717) is 21.7 Å². The van der Waals surface area contributed by atoms with Crippen LogP contribution < -0.4 is 5.63 Å². The number of benzene rings is 2. The maximum absolute atomic E-state index is 11.5. The van der Waals surface area contributed by atoms with Crippen LogP contribution in [0.3, 0.4) is 0 Å². The van der Waals surface area contributed by atoms with Crippen molar-refractivity contribution in [2.45, 2.75) is 0 Å². The Bertz CT molecular complexity index is 966. The van der Waals surface area contributed by atoms with Crippen LogP contribution in [0.25, 0.3) is 21.7 Å². The maximum atomic E-state index is 11.5. The predicted molar refractivity (Wildman–Crippen MR) is 71.4 cm³/mol. The number of fused-ring (bicyclic) bond motifs is 3. The van der Waals surface area contributed by atoms with Crippen LogP contribution in [0.4, 0.5) is 5.69 Å². The van der Waals surface area contributed by atoms with Crippen LogP contribution in [-0.4, -0.2) is 4.92 Å². The average Bonchev–Trinajstić information content (AvgIpc) is 2.45. The van der Waals surface area contributed by atoms with E-state index in [-0.39, 0.29) is 11.3 Å². The van der Waals surface area contributed by atoms with Crippen molar-refractivity contribution in [3.05, 3.63) is 62.5 Å². The van der Waals surface area contributed by atoms with Gasteiger partial charge in [0.2, 0.25) is 0 Å². The lowest BCUT2D eigenvalue weighted by Gasteiger charge is -2.03. The lowest BCUT2D eigenvalue weighted by molar-refractivity contribution is -0.384. The third-order valence-corrected chi connectivity index (χ3v) is 3.05. The zero-order chi connectivity index (χ0) is 14.3. The fourth-order valence-corrected chi connectivity index (χ4v) is 2.11. The van der Waals surface area contributed by atoms with Gasteiger partial charge in [0.05, 0.1) is 4.92 Å². The molecule has 0 atom stereocenters. The molecule has 0 bridgehead atoms. The van der Waals surface area contributed by atoms with E-state index in [1.807, 2.05) is 0 Å². The summed E-state index contributed by atoms with van der Waals surface area (Å²) in [4.78, 5) is 21.7. The van der Waals surface area contributed by atoms with Crippen molar-refractivity contribution in [2.75, 3.05) is 0 Å². The molecule has 0 amide bonds. The molecule has 0 N–H and O–H groups in total. The number of nitro benzene ring substituents is 1. The van der Waals surface area contributed by atoms with Crippen LogP contribution in [0.2, 0.25) is 0 Å². The molecule has 0 unspecified atom stereocenters. The molecule has 0 fully saturated rings. The molecule has 6 heteroatoms. The molecule has 0 spiro atoms. The van der Waals surface area contributed by atoms with Gasteiger partial charge in [-0.3, -0.25) is 10.1 Å². The van der Waals surface area contributed by atoms with Crippen molar-refractivity contribution in [3.8, 4) is 6.07 Å². The molecule has 20 heavy (non-hydrogen) atoms. The number of hydrogen-bond donors (Lipinski definition) is 0. The van der Waals surface area contributed by atoms with Crippen LogP contribution in [0.5, 0.6) is 0 Å². The lowest BCUT2D eigenvalue weighted by Crippen LogP contribution is -2.03. The Labute approximate surface area is 111 Å². The summed E-state index contributed by atoms with van der Waals surface area (Å²) >= 11 is 0. The van der Waals surface area contributed by atoms with Gasteiger partial charge in [0.15, 0.2) is 0 Å². The monoisotopic (exact) mass is 266 g/mol. The van der Waals surface area contributed by atoms with Gasteiger partial charge in [-0.05, 0) is 29.0 Å². The van der Waals surface area contributed by atoms with Crippen LogP contribution in [0, 0.1) is 21.4 Å². The SMILES string of the molecule is N#Cc1cc2c(ccc3cc([N+](=O)[O-])ccc32)oc1=O. The molecule has 0 saturated heterocycles. The highest BCUT2D eigenvalue weighted by Gasteiger charge is 2.11. The molecule has 0 saturated carbocycles. The van der Waals surface area contributed by atoms with E-state index < -0.39 is 10.5 Å². The van der Waals surface area contributed by atoms with E-state index >= 15 is 0 Å². The first-order valence-corrected chi connectivity index (χ1v) is 5.65. The molecule has 0 aliphatic rings. The highest BCUT2D eigenvalue weighted by atomic mass is 16.6. The van der Waals surface area contributed by atoms with Gasteiger partial charge in [-0.1, -0.05) is 6.07 Å². The van der Waals surface area contributed by atoms with Crippen molar-refractivity contribution in [3.63, 3.8) is 0 Å². The average molecular weight is 266 g/mol. The fourth-order valence-electron chi connectivity index (χ4n) is 2.11. The van der Waals surface area contributed by atoms with Gasteiger partial charge in [-0.2, -0.15) is 5.26 Å². The smallest absolute Gasteiger partial charge is 0.354 e. The van der Waals surface area contributed by atoms with Crippen molar-refractivity contribution in [1.82, 2.24) is 0 Å². The topological polar surface area (TPSA) is 97.1 Å². The predicted octanol–water partition coefficient (Wildman–Crippen LogP) is 2.73. The summed E-state index contributed by atoms with van der Waals surface area (Å²) < 4.78 is 5.06. The summed E-state index contributed by atoms with van der Waals surface area (Å²) in [5, 5.41) is 21.5. The van der Waals surface area contributed by atoms with Crippen molar-refractivity contribution in [1.29, 1.82) is 5.26 Å². The van der Waals surface area contributed by atoms with Gasteiger partial charge in [-0.15, -0.1) is 0 Å². The molecule has 2 aromatic carbocycles. The van der Waals surface area contributed by atoms with E-state index in [1.54, 1.807) is 24.3 Å². The van der Waals surface area contributed by atoms with Crippen molar-refractivity contribution < 1.29 is 9.34 Å². The molecule has 96 valence electrons. The number of nitriles is 1. The number of non-ortho nitro benzene ring substituents is 1. The molecule has 3 rings (SSSR count). The fraction of sp³-hybridized carbons (Fsp3) is 0. The molecule has 0 aliphatic heterocycles. The van der Waals surface area contributed by atoms with Crippen LogP contribution in [0.15, 0.2) is 45.6 Å². The summed E-state index contributed by atoms with van der Waals surface area (Å²) in [5.74, 6) is 0. The first-order chi connectivity index (χ1) is 9.60. The van der Waals surface area contributed by atoms with Gasteiger partial charge in [0.1, 0.15) is 17.2 Å². The minimum Gasteiger partial charge on any atom is -0.422 e. The molecule has 6 nitrogen and oxygen atoms in total. The van der Waals surface area contributed by atoms with Gasteiger partial charge in [-0.25, -0.2) is 4.79 Å². The Morgan fingerprint density at radius 2 is 1.95 bits per heavy atom. The second-order valence-corrected chi connectivity index (χ2v) is 4.20. The van der Waals surface area contributed by atoms with Gasteiger partial charge >= 0.3 is 5.63 Å². The normalized spacial score (nSPS) is 10.6. The molecular weight excluding hydrogens is 260 g/mol. The number of rotatable bonds is 1. The molecule has 0 aliphatic carbocycles. The second kappa shape index (κ2) is 4.17. The third kappa shape index (κ3) is 1.69. The summed E-state index contributed by atoms with van der Waals surface area (Å²) in [6.45, 7) is 0. The Hall–Kier alpha value is -3.20. The summed E-state index contributed by atoms with van der Waals surface area (Å²) in [6.07, 6.45) is 0. The minimum absolute atomic E-state index is 0.0188. The Balaban J connectivity index is 2.44. The van der Waals surface area contributed by atoms with Crippen molar-refractivity contribution >= 4 is 27.4 Å². The summed E-state index contributed by atoms with van der Waals surface area (Å²) in [5.41, 5.74) is -0.463. The molecular formula is C14H6N2O4. The molecule has 1 heterocycles.